The number of hydrogen-bond donors (Lipinski definition) is 3. The summed E-state index contributed by atoms with van der Waals surface area (Å²) in [7, 11) is 0. The number of nitrogen functional groups attached to an aromatic ring is 1. The van der Waals surface area contributed by atoms with Crippen LogP contribution in [0.25, 0.3) is 0 Å². The minimum absolute atomic E-state index is 0.0202. The van der Waals surface area contributed by atoms with Crippen LogP contribution in [0.15, 0.2) is 24.3 Å². The molecule has 0 fully saturated rings. The standard InChI is InChI=1S/C13H19N3O2/c1-9(2)12(17)15-6-7-16-13(18)10-4-3-5-11(14)8-10/h3-5,8-9H,6-7,14H2,1-2H3,(H,15,17)(H,16,18). The summed E-state index contributed by atoms with van der Waals surface area (Å²) >= 11 is 0. The van der Waals surface area contributed by atoms with Crippen molar-refractivity contribution in [2.45, 2.75) is 13.8 Å². The van der Waals surface area contributed by atoms with Gasteiger partial charge in [-0.1, -0.05) is 19.9 Å². The molecule has 0 unspecified atom stereocenters. The quantitative estimate of drug-likeness (QED) is 0.532. The Labute approximate surface area is 107 Å². The van der Waals surface area contributed by atoms with Crippen molar-refractivity contribution in [3.63, 3.8) is 0 Å². The molecular weight excluding hydrogens is 230 g/mol. The van der Waals surface area contributed by atoms with Crippen LogP contribution in [-0.2, 0) is 4.79 Å². The molecule has 1 aromatic carbocycles. The van der Waals surface area contributed by atoms with E-state index in [2.05, 4.69) is 10.6 Å². The van der Waals surface area contributed by atoms with Gasteiger partial charge in [-0.2, -0.15) is 0 Å². The summed E-state index contributed by atoms with van der Waals surface area (Å²) in [6, 6.07) is 6.75. The second-order valence-corrected chi connectivity index (χ2v) is 4.33. The van der Waals surface area contributed by atoms with Crippen molar-refractivity contribution >= 4 is 17.5 Å². The molecule has 1 rings (SSSR count). The molecule has 5 heteroatoms. The molecule has 0 aliphatic heterocycles. The number of carbonyl (C=O) groups excluding carboxylic acids is 2. The zero-order valence-electron chi connectivity index (χ0n) is 10.7. The van der Waals surface area contributed by atoms with E-state index in [4.69, 9.17) is 5.73 Å². The second-order valence-electron chi connectivity index (χ2n) is 4.33. The smallest absolute Gasteiger partial charge is 0.251 e. The van der Waals surface area contributed by atoms with Crippen LogP contribution < -0.4 is 16.4 Å². The fourth-order valence-corrected chi connectivity index (χ4v) is 1.35. The summed E-state index contributed by atoms with van der Waals surface area (Å²) < 4.78 is 0. The van der Waals surface area contributed by atoms with Crippen LogP contribution in [0.2, 0.25) is 0 Å². The minimum atomic E-state index is -0.193. The molecule has 0 bridgehead atoms. The third-order valence-corrected chi connectivity index (χ3v) is 2.38. The maximum absolute atomic E-state index is 11.7. The van der Waals surface area contributed by atoms with Crippen molar-refractivity contribution in [1.29, 1.82) is 0 Å². The summed E-state index contributed by atoms with van der Waals surface area (Å²) in [6.45, 7) is 4.46. The number of carbonyl (C=O) groups is 2. The number of rotatable bonds is 5. The van der Waals surface area contributed by atoms with Gasteiger partial charge in [0.25, 0.3) is 5.91 Å². The fraction of sp³-hybridized carbons (Fsp3) is 0.385. The van der Waals surface area contributed by atoms with E-state index in [1.165, 1.54) is 0 Å². The van der Waals surface area contributed by atoms with Crippen molar-refractivity contribution in [2.24, 2.45) is 5.92 Å². The third kappa shape index (κ3) is 4.45. The van der Waals surface area contributed by atoms with E-state index in [1.54, 1.807) is 24.3 Å². The normalized spacial score (nSPS) is 10.2. The lowest BCUT2D eigenvalue weighted by molar-refractivity contribution is -0.123. The molecule has 1 aromatic rings. The SMILES string of the molecule is CC(C)C(=O)NCCNC(=O)c1cccc(N)c1. The second kappa shape index (κ2) is 6.64. The molecule has 0 aliphatic carbocycles. The summed E-state index contributed by atoms with van der Waals surface area (Å²) in [5.41, 5.74) is 6.66. The third-order valence-electron chi connectivity index (χ3n) is 2.38. The highest BCUT2D eigenvalue weighted by Gasteiger charge is 2.07. The molecular formula is C13H19N3O2. The Morgan fingerprint density at radius 3 is 2.50 bits per heavy atom. The summed E-state index contributed by atoms with van der Waals surface area (Å²) in [5.74, 6) is -0.260. The monoisotopic (exact) mass is 249 g/mol. The van der Waals surface area contributed by atoms with E-state index in [1.807, 2.05) is 13.8 Å². The van der Waals surface area contributed by atoms with Gasteiger partial charge < -0.3 is 16.4 Å². The fourth-order valence-electron chi connectivity index (χ4n) is 1.35. The first kappa shape index (κ1) is 14.0. The van der Waals surface area contributed by atoms with Crippen LogP contribution in [0, 0.1) is 5.92 Å². The van der Waals surface area contributed by atoms with Crippen LogP contribution in [0.1, 0.15) is 24.2 Å². The van der Waals surface area contributed by atoms with Crippen LogP contribution in [0.4, 0.5) is 5.69 Å². The van der Waals surface area contributed by atoms with Crippen LogP contribution in [0.5, 0.6) is 0 Å². The Kier molecular flexibility index (Phi) is 5.17. The molecule has 98 valence electrons. The Bertz CT molecular complexity index is 430. The summed E-state index contributed by atoms with van der Waals surface area (Å²) in [4.78, 5) is 23.0. The Morgan fingerprint density at radius 1 is 1.22 bits per heavy atom. The van der Waals surface area contributed by atoms with Gasteiger partial charge in [0.1, 0.15) is 0 Å². The predicted octanol–water partition coefficient (Wildman–Crippen LogP) is 0.771. The lowest BCUT2D eigenvalue weighted by Crippen LogP contribution is -2.36. The molecule has 0 radical (unpaired) electrons. The predicted molar refractivity (Wildman–Crippen MR) is 71.0 cm³/mol. The molecule has 0 saturated heterocycles. The van der Waals surface area contributed by atoms with Crippen molar-refractivity contribution in [2.75, 3.05) is 18.8 Å². The van der Waals surface area contributed by atoms with Crippen molar-refractivity contribution in [1.82, 2.24) is 10.6 Å². The van der Waals surface area contributed by atoms with Gasteiger partial charge in [-0.05, 0) is 18.2 Å². The zero-order chi connectivity index (χ0) is 13.5. The maximum Gasteiger partial charge on any atom is 0.251 e. The molecule has 0 atom stereocenters. The first-order valence-electron chi connectivity index (χ1n) is 5.92. The number of hydrogen-bond acceptors (Lipinski definition) is 3. The zero-order valence-corrected chi connectivity index (χ0v) is 10.7. The molecule has 0 aromatic heterocycles. The largest absolute Gasteiger partial charge is 0.399 e. The Hall–Kier alpha value is -2.04. The first-order chi connectivity index (χ1) is 8.50. The molecule has 2 amide bonds. The highest BCUT2D eigenvalue weighted by Crippen LogP contribution is 2.05. The minimum Gasteiger partial charge on any atom is -0.399 e. The molecule has 0 heterocycles. The number of anilines is 1. The van der Waals surface area contributed by atoms with Gasteiger partial charge in [0.2, 0.25) is 5.91 Å². The lowest BCUT2D eigenvalue weighted by Gasteiger charge is -2.09. The number of nitrogens with one attached hydrogen (secondary N) is 2. The molecule has 0 spiro atoms. The Morgan fingerprint density at radius 2 is 1.89 bits per heavy atom. The van der Waals surface area contributed by atoms with Crippen LogP contribution >= 0.6 is 0 Å². The van der Waals surface area contributed by atoms with Gasteiger partial charge in [0.05, 0.1) is 0 Å². The average molecular weight is 249 g/mol. The highest BCUT2D eigenvalue weighted by atomic mass is 16.2. The van der Waals surface area contributed by atoms with Gasteiger partial charge in [0.15, 0.2) is 0 Å². The first-order valence-corrected chi connectivity index (χ1v) is 5.92. The van der Waals surface area contributed by atoms with E-state index in [0.717, 1.165) is 0 Å². The average Bonchev–Trinajstić information content (AvgIpc) is 2.33. The van der Waals surface area contributed by atoms with Gasteiger partial charge in [0, 0.05) is 30.3 Å². The van der Waals surface area contributed by atoms with Gasteiger partial charge >= 0.3 is 0 Å². The molecule has 0 saturated carbocycles. The summed E-state index contributed by atoms with van der Waals surface area (Å²) in [5, 5.41) is 5.43. The van der Waals surface area contributed by atoms with E-state index < -0.39 is 0 Å². The molecule has 5 nitrogen and oxygen atoms in total. The maximum atomic E-state index is 11.7. The summed E-state index contributed by atoms with van der Waals surface area (Å²) in [6.07, 6.45) is 0. The molecule has 4 N–H and O–H groups in total. The van der Waals surface area contributed by atoms with E-state index >= 15 is 0 Å². The topological polar surface area (TPSA) is 84.2 Å². The van der Waals surface area contributed by atoms with Gasteiger partial charge in [-0.3, -0.25) is 9.59 Å². The number of benzene rings is 1. The van der Waals surface area contributed by atoms with E-state index in [-0.39, 0.29) is 17.7 Å². The van der Waals surface area contributed by atoms with Crippen molar-refractivity contribution in [3.05, 3.63) is 29.8 Å². The van der Waals surface area contributed by atoms with E-state index in [9.17, 15) is 9.59 Å². The van der Waals surface area contributed by atoms with Crippen LogP contribution in [0.3, 0.4) is 0 Å². The van der Waals surface area contributed by atoms with E-state index in [0.29, 0.717) is 24.3 Å². The number of nitrogens with two attached hydrogens (primary N) is 1. The molecule has 0 aliphatic rings. The highest BCUT2D eigenvalue weighted by molar-refractivity contribution is 5.95. The van der Waals surface area contributed by atoms with Gasteiger partial charge in [-0.25, -0.2) is 0 Å². The molecule has 18 heavy (non-hydrogen) atoms. The van der Waals surface area contributed by atoms with Crippen molar-refractivity contribution in [3.8, 4) is 0 Å². The number of amides is 2. The van der Waals surface area contributed by atoms with Crippen LogP contribution in [-0.4, -0.2) is 24.9 Å². The van der Waals surface area contributed by atoms with Crippen molar-refractivity contribution < 1.29 is 9.59 Å². The lowest BCUT2D eigenvalue weighted by atomic mass is 10.2. The Balaban J connectivity index is 2.32. The van der Waals surface area contributed by atoms with Gasteiger partial charge in [-0.15, -0.1) is 0 Å².